The van der Waals surface area contributed by atoms with Gasteiger partial charge in [0.1, 0.15) is 24.3 Å². The van der Waals surface area contributed by atoms with E-state index in [9.17, 15) is 22.7 Å². The predicted molar refractivity (Wildman–Crippen MR) is 112 cm³/mol. The van der Waals surface area contributed by atoms with E-state index >= 15 is 0 Å². The fraction of sp³-hybridized carbons (Fsp3) is 0.409. The lowest BCUT2D eigenvalue weighted by Crippen LogP contribution is -2.42. The van der Waals surface area contributed by atoms with Crippen molar-refractivity contribution in [2.75, 3.05) is 24.7 Å². The molecule has 0 aliphatic carbocycles. The highest BCUT2D eigenvalue weighted by molar-refractivity contribution is 7.91. The lowest BCUT2D eigenvalue weighted by atomic mass is 10.1. The zero-order chi connectivity index (χ0) is 21.7. The Morgan fingerprint density at radius 2 is 2.03 bits per heavy atom. The van der Waals surface area contributed by atoms with Crippen LogP contribution in [0, 0.1) is 5.82 Å². The Kier molecular flexibility index (Phi) is 7.23. The fourth-order valence-corrected chi connectivity index (χ4v) is 5.33. The van der Waals surface area contributed by atoms with Gasteiger partial charge in [-0.25, -0.2) is 12.8 Å². The van der Waals surface area contributed by atoms with Gasteiger partial charge in [-0.1, -0.05) is 30.3 Å². The molecule has 2 atom stereocenters. The Hall–Kier alpha value is -2.29. The van der Waals surface area contributed by atoms with E-state index in [0.717, 1.165) is 0 Å². The van der Waals surface area contributed by atoms with Gasteiger partial charge in [-0.15, -0.1) is 0 Å². The number of rotatable bonds is 9. The molecule has 30 heavy (non-hydrogen) atoms. The van der Waals surface area contributed by atoms with Crippen LogP contribution >= 0.6 is 0 Å². The van der Waals surface area contributed by atoms with Gasteiger partial charge in [-0.2, -0.15) is 0 Å². The number of ketones is 1. The summed E-state index contributed by atoms with van der Waals surface area (Å²) in [6.07, 6.45) is -0.466. The minimum Gasteiger partial charge on any atom is -0.491 e. The van der Waals surface area contributed by atoms with Crippen LogP contribution in [-0.2, 0) is 16.4 Å². The summed E-state index contributed by atoms with van der Waals surface area (Å²) in [6, 6.07) is 12.7. The Labute approximate surface area is 176 Å². The van der Waals surface area contributed by atoms with E-state index in [2.05, 4.69) is 0 Å². The molecule has 162 valence electrons. The van der Waals surface area contributed by atoms with Gasteiger partial charge in [-0.3, -0.25) is 9.69 Å². The zero-order valence-corrected chi connectivity index (χ0v) is 17.6. The quantitative estimate of drug-likeness (QED) is 0.609. The van der Waals surface area contributed by atoms with Gasteiger partial charge in [0.2, 0.25) is 0 Å². The number of hydrogen-bond acceptors (Lipinski definition) is 6. The SMILES string of the molecule is CC(=O)c1cccc(OCC(O)CN(Cc2ccccc2F)C2CCS(=O)(=O)C2)c1. The summed E-state index contributed by atoms with van der Waals surface area (Å²) in [5.74, 6) is 0.103. The van der Waals surface area contributed by atoms with Crippen molar-refractivity contribution in [3.8, 4) is 5.75 Å². The summed E-state index contributed by atoms with van der Waals surface area (Å²) < 4.78 is 43.6. The molecule has 1 fully saturated rings. The van der Waals surface area contributed by atoms with Crippen LogP contribution in [-0.4, -0.2) is 61.0 Å². The molecule has 0 bridgehead atoms. The maximum Gasteiger partial charge on any atom is 0.159 e. The molecule has 1 heterocycles. The van der Waals surface area contributed by atoms with Crippen molar-refractivity contribution < 1.29 is 27.4 Å². The normalized spacial score (nSPS) is 19.0. The monoisotopic (exact) mass is 435 g/mol. The molecule has 1 aliphatic heterocycles. The number of hydrogen-bond donors (Lipinski definition) is 1. The highest BCUT2D eigenvalue weighted by atomic mass is 32.2. The van der Waals surface area contributed by atoms with E-state index in [1.807, 2.05) is 4.90 Å². The third kappa shape index (κ3) is 6.10. The Morgan fingerprint density at radius 1 is 1.27 bits per heavy atom. The molecule has 2 aromatic rings. The minimum absolute atomic E-state index is 0.00428. The van der Waals surface area contributed by atoms with Crippen LogP contribution in [0.15, 0.2) is 48.5 Å². The minimum atomic E-state index is -3.13. The second kappa shape index (κ2) is 9.68. The third-order valence-corrected chi connectivity index (χ3v) is 6.93. The number of aliphatic hydroxyl groups is 1. The first-order chi connectivity index (χ1) is 14.2. The second-order valence-corrected chi connectivity index (χ2v) is 9.86. The third-order valence-electron chi connectivity index (χ3n) is 5.18. The molecule has 2 aromatic carbocycles. The number of halogens is 1. The number of benzene rings is 2. The Balaban J connectivity index is 1.67. The van der Waals surface area contributed by atoms with Crippen molar-refractivity contribution in [3.05, 3.63) is 65.5 Å². The molecule has 6 nitrogen and oxygen atoms in total. The molecular formula is C22H26FNO5S. The maximum absolute atomic E-state index is 14.1. The van der Waals surface area contributed by atoms with Crippen LogP contribution in [0.2, 0.25) is 0 Å². The summed E-state index contributed by atoms with van der Waals surface area (Å²) in [5.41, 5.74) is 0.961. The van der Waals surface area contributed by atoms with Gasteiger partial charge < -0.3 is 9.84 Å². The van der Waals surface area contributed by atoms with Crippen LogP contribution < -0.4 is 4.74 Å². The van der Waals surface area contributed by atoms with Crippen LogP contribution in [0.4, 0.5) is 4.39 Å². The molecule has 0 radical (unpaired) electrons. The summed E-state index contributed by atoms with van der Waals surface area (Å²) in [6.45, 7) is 1.77. The second-order valence-electron chi connectivity index (χ2n) is 7.63. The number of Topliss-reactive ketones (excluding diaryl/α,β-unsaturated/α-hetero) is 1. The van der Waals surface area contributed by atoms with E-state index in [1.54, 1.807) is 42.5 Å². The van der Waals surface area contributed by atoms with E-state index in [4.69, 9.17) is 4.74 Å². The molecule has 0 spiro atoms. The Bertz CT molecular complexity index is 995. The van der Waals surface area contributed by atoms with Gasteiger partial charge in [0.25, 0.3) is 0 Å². The smallest absolute Gasteiger partial charge is 0.159 e. The van der Waals surface area contributed by atoms with Crippen molar-refractivity contribution in [2.24, 2.45) is 0 Å². The van der Waals surface area contributed by atoms with Crippen molar-refractivity contribution in [1.82, 2.24) is 4.90 Å². The molecule has 0 amide bonds. The largest absolute Gasteiger partial charge is 0.491 e. The molecule has 2 unspecified atom stereocenters. The first-order valence-corrected chi connectivity index (χ1v) is 11.7. The summed E-state index contributed by atoms with van der Waals surface area (Å²) >= 11 is 0. The number of ether oxygens (including phenoxy) is 1. The lowest BCUT2D eigenvalue weighted by Gasteiger charge is -2.30. The van der Waals surface area contributed by atoms with Crippen molar-refractivity contribution in [2.45, 2.75) is 32.0 Å². The van der Waals surface area contributed by atoms with Crippen LogP contribution in [0.5, 0.6) is 5.75 Å². The summed E-state index contributed by atoms with van der Waals surface area (Å²) in [5, 5.41) is 10.5. The highest BCUT2D eigenvalue weighted by Crippen LogP contribution is 2.22. The number of sulfone groups is 1. The highest BCUT2D eigenvalue weighted by Gasteiger charge is 2.33. The lowest BCUT2D eigenvalue weighted by molar-refractivity contribution is 0.0520. The summed E-state index contributed by atoms with van der Waals surface area (Å²) in [4.78, 5) is 13.3. The predicted octanol–water partition coefficient (Wildman–Crippen LogP) is 2.46. The van der Waals surface area contributed by atoms with Crippen LogP contribution in [0.25, 0.3) is 0 Å². The van der Waals surface area contributed by atoms with Gasteiger partial charge in [0.15, 0.2) is 15.6 Å². The molecule has 1 aliphatic rings. The number of aliphatic hydroxyl groups excluding tert-OH is 1. The molecule has 1 saturated heterocycles. The molecule has 0 saturated carbocycles. The van der Waals surface area contributed by atoms with Crippen molar-refractivity contribution in [3.63, 3.8) is 0 Å². The fourth-order valence-electron chi connectivity index (χ4n) is 3.57. The first kappa shape index (κ1) is 22.4. The first-order valence-electron chi connectivity index (χ1n) is 9.83. The molecule has 3 rings (SSSR count). The van der Waals surface area contributed by atoms with Crippen LogP contribution in [0.1, 0.15) is 29.3 Å². The van der Waals surface area contributed by atoms with Gasteiger partial charge in [0, 0.05) is 30.3 Å². The topological polar surface area (TPSA) is 83.9 Å². The van der Waals surface area contributed by atoms with Gasteiger partial charge >= 0.3 is 0 Å². The van der Waals surface area contributed by atoms with Crippen molar-refractivity contribution >= 4 is 15.6 Å². The van der Waals surface area contributed by atoms with E-state index < -0.39 is 15.9 Å². The average Bonchev–Trinajstić information content (AvgIpc) is 3.07. The maximum atomic E-state index is 14.1. The number of carbonyl (C=O) groups is 1. The molecule has 1 N–H and O–H groups in total. The molecule has 8 heteroatoms. The van der Waals surface area contributed by atoms with Crippen molar-refractivity contribution in [1.29, 1.82) is 0 Å². The number of nitrogens with zero attached hydrogens (tertiary/aromatic N) is 1. The van der Waals surface area contributed by atoms with Crippen LogP contribution in [0.3, 0.4) is 0 Å². The van der Waals surface area contributed by atoms with E-state index in [1.165, 1.54) is 13.0 Å². The number of carbonyl (C=O) groups excluding carboxylic acids is 1. The van der Waals surface area contributed by atoms with E-state index in [-0.39, 0.29) is 48.8 Å². The summed E-state index contributed by atoms with van der Waals surface area (Å²) in [7, 11) is -3.13. The van der Waals surface area contributed by atoms with Gasteiger partial charge in [-0.05, 0) is 31.5 Å². The van der Waals surface area contributed by atoms with Gasteiger partial charge in [0.05, 0.1) is 11.5 Å². The average molecular weight is 436 g/mol. The van der Waals surface area contributed by atoms with E-state index in [0.29, 0.717) is 23.3 Å². The Morgan fingerprint density at radius 3 is 2.70 bits per heavy atom. The molecule has 0 aromatic heterocycles. The molecular weight excluding hydrogens is 409 g/mol. The zero-order valence-electron chi connectivity index (χ0n) is 16.8. The standard InChI is InChI=1S/C22H26FNO5S/c1-16(25)17-6-4-7-21(11-17)29-14-20(26)13-24(19-9-10-30(27,28)15-19)12-18-5-2-3-8-22(18)23/h2-8,11,19-20,26H,9-10,12-15H2,1H3.